The quantitative estimate of drug-likeness (QED) is 0.796. The van der Waals surface area contributed by atoms with Gasteiger partial charge in [-0.25, -0.2) is 0 Å². The predicted molar refractivity (Wildman–Crippen MR) is 102 cm³/mol. The minimum Gasteiger partial charge on any atom is -0.497 e. The van der Waals surface area contributed by atoms with Crippen molar-refractivity contribution in [3.63, 3.8) is 0 Å². The van der Waals surface area contributed by atoms with Crippen LogP contribution in [0.1, 0.15) is 41.0 Å². The number of imide groups is 1. The molecule has 1 N–H and O–H groups in total. The maximum absolute atomic E-state index is 12.9. The molecule has 0 spiro atoms. The first-order valence-corrected chi connectivity index (χ1v) is 8.84. The van der Waals surface area contributed by atoms with Crippen molar-refractivity contribution in [1.29, 1.82) is 0 Å². The van der Waals surface area contributed by atoms with Crippen LogP contribution in [0.2, 0.25) is 0 Å². The van der Waals surface area contributed by atoms with Crippen LogP contribution in [0.15, 0.2) is 48.5 Å². The second-order valence-electron chi connectivity index (χ2n) is 6.89. The van der Waals surface area contributed by atoms with E-state index < -0.39 is 17.9 Å². The summed E-state index contributed by atoms with van der Waals surface area (Å²) in [5.74, 6) is -0.436. The number of fused-ring (bicyclic) bond motifs is 1. The van der Waals surface area contributed by atoms with Crippen molar-refractivity contribution in [2.24, 2.45) is 5.92 Å². The third-order valence-corrected chi connectivity index (χ3v) is 4.49. The number of benzene rings is 2. The molecule has 0 fully saturated rings. The summed E-state index contributed by atoms with van der Waals surface area (Å²) in [7, 11) is 1.56. The number of rotatable bonds is 6. The first-order valence-electron chi connectivity index (χ1n) is 8.84. The number of hydrogen-bond donors (Lipinski definition) is 1. The largest absolute Gasteiger partial charge is 0.497 e. The smallest absolute Gasteiger partial charge is 0.262 e. The lowest BCUT2D eigenvalue weighted by molar-refractivity contribution is -0.120. The van der Waals surface area contributed by atoms with Gasteiger partial charge in [0.15, 0.2) is 0 Å². The Morgan fingerprint density at radius 1 is 1.00 bits per heavy atom. The zero-order valence-electron chi connectivity index (χ0n) is 15.6. The Morgan fingerprint density at radius 2 is 1.56 bits per heavy atom. The van der Waals surface area contributed by atoms with E-state index in [1.807, 2.05) is 13.8 Å². The summed E-state index contributed by atoms with van der Waals surface area (Å²) in [6.45, 7) is 3.90. The summed E-state index contributed by atoms with van der Waals surface area (Å²) in [6.07, 6.45) is 0.382. The highest BCUT2D eigenvalue weighted by molar-refractivity contribution is 6.23. The van der Waals surface area contributed by atoms with Crippen molar-refractivity contribution in [1.82, 2.24) is 4.90 Å². The zero-order chi connectivity index (χ0) is 19.6. The maximum Gasteiger partial charge on any atom is 0.262 e. The molecule has 1 aliphatic heterocycles. The lowest BCUT2D eigenvalue weighted by Gasteiger charge is -2.26. The minimum atomic E-state index is -0.875. The minimum absolute atomic E-state index is 0.126. The van der Waals surface area contributed by atoms with Crippen LogP contribution in [-0.2, 0) is 4.79 Å². The van der Waals surface area contributed by atoms with Crippen LogP contribution >= 0.6 is 0 Å². The summed E-state index contributed by atoms with van der Waals surface area (Å²) in [6, 6.07) is 12.7. The fourth-order valence-corrected chi connectivity index (χ4v) is 3.17. The topological polar surface area (TPSA) is 75.7 Å². The van der Waals surface area contributed by atoms with Crippen LogP contribution < -0.4 is 10.1 Å². The zero-order valence-corrected chi connectivity index (χ0v) is 15.6. The third kappa shape index (κ3) is 3.69. The van der Waals surface area contributed by atoms with E-state index in [-0.39, 0.29) is 11.8 Å². The van der Waals surface area contributed by atoms with Crippen molar-refractivity contribution >= 4 is 23.4 Å². The fourth-order valence-electron chi connectivity index (χ4n) is 3.17. The van der Waals surface area contributed by atoms with Crippen molar-refractivity contribution < 1.29 is 19.1 Å². The SMILES string of the molecule is COc1ccc(NC(=O)[C@@H](CC(C)C)N2C(=O)c3ccccc3C2=O)cc1. The number of nitrogens with zero attached hydrogens (tertiary/aromatic N) is 1. The lowest BCUT2D eigenvalue weighted by atomic mass is 10.0. The lowest BCUT2D eigenvalue weighted by Crippen LogP contribution is -2.47. The highest BCUT2D eigenvalue weighted by atomic mass is 16.5. The summed E-state index contributed by atoms with van der Waals surface area (Å²) >= 11 is 0. The van der Waals surface area contributed by atoms with Gasteiger partial charge in [-0.05, 0) is 48.7 Å². The highest BCUT2D eigenvalue weighted by Crippen LogP contribution is 2.27. The monoisotopic (exact) mass is 366 g/mol. The molecule has 3 rings (SSSR count). The molecule has 1 atom stereocenters. The molecule has 0 saturated carbocycles. The second kappa shape index (κ2) is 7.61. The molecule has 0 unspecified atom stereocenters. The van der Waals surface area contributed by atoms with E-state index >= 15 is 0 Å². The van der Waals surface area contributed by atoms with E-state index in [1.165, 1.54) is 0 Å². The molecule has 0 bridgehead atoms. The van der Waals surface area contributed by atoms with Crippen LogP contribution in [0.5, 0.6) is 5.75 Å². The normalized spacial score (nSPS) is 14.3. The molecule has 1 aliphatic rings. The highest BCUT2D eigenvalue weighted by Gasteiger charge is 2.42. The van der Waals surface area contributed by atoms with Crippen LogP contribution in [0.4, 0.5) is 5.69 Å². The van der Waals surface area contributed by atoms with Gasteiger partial charge in [-0.2, -0.15) is 0 Å². The Labute approximate surface area is 158 Å². The van der Waals surface area contributed by atoms with Gasteiger partial charge in [0, 0.05) is 5.69 Å². The average molecular weight is 366 g/mol. The molecule has 0 radical (unpaired) electrons. The number of carbonyl (C=O) groups excluding carboxylic acids is 3. The molecule has 0 aromatic heterocycles. The predicted octanol–water partition coefficient (Wildman–Crippen LogP) is 3.34. The van der Waals surface area contributed by atoms with Crippen LogP contribution in [0.3, 0.4) is 0 Å². The van der Waals surface area contributed by atoms with Gasteiger partial charge in [0.1, 0.15) is 11.8 Å². The first kappa shape index (κ1) is 18.6. The second-order valence-corrected chi connectivity index (χ2v) is 6.89. The molecule has 0 aliphatic carbocycles. The molecule has 1 heterocycles. The van der Waals surface area contributed by atoms with Crippen LogP contribution in [-0.4, -0.2) is 35.8 Å². The number of nitrogens with one attached hydrogen (secondary N) is 1. The van der Waals surface area contributed by atoms with E-state index in [0.717, 1.165) is 4.90 Å². The van der Waals surface area contributed by atoms with Gasteiger partial charge in [0.2, 0.25) is 5.91 Å². The van der Waals surface area contributed by atoms with Gasteiger partial charge in [0.25, 0.3) is 11.8 Å². The van der Waals surface area contributed by atoms with Gasteiger partial charge < -0.3 is 10.1 Å². The fraction of sp³-hybridized carbons (Fsp3) is 0.286. The molecule has 140 valence electrons. The average Bonchev–Trinajstić information content (AvgIpc) is 2.91. The summed E-state index contributed by atoms with van der Waals surface area (Å²) in [5, 5.41) is 2.80. The van der Waals surface area contributed by atoms with Gasteiger partial charge in [0.05, 0.1) is 18.2 Å². The van der Waals surface area contributed by atoms with Crippen molar-refractivity contribution in [2.75, 3.05) is 12.4 Å². The molecule has 0 saturated heterocycles. The van der Waals surface area contributed by atoms with E-state index in [1.54, 1.807) is 55.6 Å². The number of amides is 3. The van der Waals surface area contributed by atoms with Gasteiger partial charge in [-0.3, -0.25) is 19.3 Å². The van der Waals surface area contributed by atoms with E-state index in [2.05, 4.69) is 5.32 Å². The number of hydrogen-bond acceptors (Lipinski definition) is 4. The number of anilines is 1. The molecule has 27 heavy (non-hydrogen) atoms. The summed E-state index contributed by atoms with van der Waals surface area (Å²) < 4.78 is 5.11. The van der Waals surface area contributed by atoms with E-state index in [0.29, 0.717) is 29.0 Å². The van der Waals surface area contributed by atoms with E-state index in [9.17, 15) is 14.4 Å². The summed E-state index contributed by atoms with van der Waals surface area (Å²) in [4.78, 5) is 39.6. The van der Waals surface area contributed by atoms with Gasteiger partial charge in [-0.15, -0.1) is 0 Å². The molecule has 3 amide bonds. The molecule has 6 heteroatoms. The number of methoxy groups -OCH3 is 1. The number of carbonyl (C=O) groups is 3. The first-order chi connectivity index (χ1) is 12.9. The molecule has 6 nitrogen and oxygen atoms in total. The molecule has 2 aromatic carbocycles. The Morgan fingerprint density at radius 3 is 2.04 bits per heavy atom. The molecule has 2 aromatic rings. The Bertz CT molecular complexity index is 839. The van der Waals surface area contributed by atoms with Gasteiger partial charge >= 0.3 is 0 Å². The summed E-state index contributed by atoms with van der Waals surface area (Å²) in [5.41, 5.74) is 1.26. The molecular formula is C21H22N2O4. The Balaban J connectivity index is 1.86. The van der Waals surface area contributed by atoms with Crippen molar-refractivity contribution in [3.8, 4) is 5.75 Å². The van der Waals surface area contributed by atoms with Crippen molar-refractivity contribution in [3.05, 3.63) is 59.7 Å². The van der Waals surface area contributed by atoms with E-state index in [4.69, 9.17) is 4.74 Å². The van der Waals surface area contributed by atoms with Crippen LogP contribution in [0.25, 0.3) is 0 Å². The third-order valence-electron chi connectivity index (χ3n) is 4.49. The molecular weight excluding hydrogens is 344 g/mol. The van der Waals surface area contributed by atoms with Crippen LogP contribution in [0, 0.1) is 5.92 Å². The number of ether oxygens (including phenoxy) is 1. The van der Waals surface area contributed by atoms with Crippen molar-refractivity contribution in [2.45, 2.75) is 26.3 Å². The maximum atomic E-state index is 12.9. The Hall–Kier alpha value is -3.15. The van der Waals surface area contributed by atoms with Gasteiger partial charge in [-0.1, -0.05) is 26.0 Å². The Kier molecular flexibility index (Phi) is 5.26. The standard InChI is InChI=1S/C21H22N2O4/c1-13(2)12-18(19(24)22-14-8-10-15(27-3)11-9-14)23-20(25)16-6-4-5-7-17(16)21(23)26/h4-11,13,18H,12H2,1-3H3,(H,22,24)/t18-/m1/s1.